The van der Waals surface area contributed by atoms with Crippen molar-refractivity contribution in [3.05, 3.63) is 60.7 Å². The summed E-state index contributed by atoms with van der Waals surface area (Å²) in [5, 5.41) is 2.95. The van der Waals surface area contributed by atoms with Crippen LogP contribution in [0.1, 0.15) is 19.3 Å². The zero-order valence-corrected chi connectivity index (χ0v) is 14.2. The van der Waals surface area contributed by atoms with Crippen molar-refractivity contribution in [2.45, 2.75) is 25.0 Å². The molecule has 0 aliphatic carbocycles. The van der Waals surface area contributed by atoms with Crippen molar-refractivity contribution in [2.75, 3.05) is 13.2 Å². The molecule has 1 aliphatic heterocycles. The molecular formula is C19H25NOSi. The van der Waals surface area contributed by atoms with E-state index in [0.717, 1.165) is 19.6 Å². The minimum absolute atomic E-state index is 0.363. The van der Waals surface area contributed by atoms with E-state index in [2.05, 4.69) is 60.7 Å². The number of rotatable bonds is 5. The van der Waals surface area contributed by atoms with E-state index in [4.69, 9.17) is 10.5 Å². The van der Waals surface area contributed by atoms with Gasteiger partial charge < -0.3 is 10.5 Å². The molecule has 0 amide bonds. The maximum atomic E-state index is 6.32. The van der Waals surface area contributed by atoms with Crippen molar-refractivity contribution in [3.8, 4) is 0 Å². The van der Waals surface area contributed by atoms with E-state index >= 15 is 0 Å². The van der Waals surface area contributed by atoms with Crippen LogP contribution in [0.2, 0.25) is 0 Å². The smallest absolute Gasteiger partial charge is 0.134 e. The van der Waals surface area contributed by atoms with Gasteiger partial charge in [-0.2, -0.15) is 0 Å². The Labute approximate surface area is 134 Å². The van der Waals surface area contributed by atoms with E-state index < -0.39 is 8.80 Å². The third-order valence-electron chi connectivity index (χ3n) is 4.68. The van der Waals surface area contributed by atoms with Gasteiger partial charge in [0.1, 0.15) is 8.80 Å². The molecule has 1 fully saturated rings. The Morgan fingerprint density at radius 1 is 0.955 bits per heavy atom. The van der Waals surface area contributed by atoms with Crippen molar-refractivity contribution >= 4 is 19.2 Å². The fourth-order valence-corrected chi connectivity index (χ4v) is 7.32. The van der Waals surface area contributed by atoms with Gasteiger partial charge in [-0.25, -0.2) is 0 Å². The van der Waals surface area contributed by atoms with Gasteiger partial charge in [0, 0.05) is 6.61 Å². The molecule has 0 radical (unpaired) electrons. The quantitative estimate of drug-likeness (QED) is 0.853. The fourth-order valence-electron chi connectivity index (χ4n) is 3.65. The molecule has 2 nitrogen and oxygen atoms in total. The molecule has 0 bridgehead atoms. The summed E-state index contributed by atoms with van der Waals surface area (Å²) in [5.41, 5.74) is 6.22. The van der Waals surface area contributed by atoms with Crippen LogP contribution in [-0.4, -0.2) is 27.7 Å². The number of benzene rings is 2. The molecule has 2 unspecified atom stereocenters. The van der Waals surface area contributed by atoms with Crippen molar-refractivity contribution in [1.29, 1.82) is 0 Å². The monoisotopic (exact) mass is 311 g/mol. The van der Waals surface area contributed by atoms with Gasteiger partial charge in [0.05, 0.1) is 5.73 Å². The SMILES string of the molecule is NCCC1CCCOC1[SiH](c1ccccc1)c1ccccc1. The second-order valence-corrected chi connectivity index (χ2v) is 9.06. The molecule has 1 aliphatic rings. The first-order valence-corrected chi connectivity index (χ1v) is 10.1. The van der Waals surface area contributed by atoms with Gasteiger partial charge in [0.15, 0.2) is 0 Å². The molecule has 116 valence electrons. The minimum Gasteiger partial charge on any atom is -0.381 e. The third kappa shape index (κ3) is 3.49. The number of hydrogen-bond acceptors (Lipinski definition) is 2. The molecule has 2 atom stereocenters. The number of hydrogen-bond donors (Lipinski definition) is 1. The molecule has 0 saturated carbocycles. The Kier molecular flexibility index (Phi) is 5.43. The van der Waals surface area contributed by atoms with Crippen LogP contribution < -0.4 is 16.1 Å². The summed E-state index contributed by atoms with van der Waals surface area (Å²) < 4.78 is 6.32. The first kappa shape index (κ1) is 15.5. The molecular weight excluding hydrogens is 286 g/mol. The van der Waals surface area contributed by atoms with Gasteiger partial charge in [0.2, 0.25) is 0 Å². The normalized spacial score (nSPS) is 21.9. The molecule has 1 heterocycles. The minimum atomic E-state index is -1.40. The highest BCUT2D eigenvalue weighted by molar-refractivity contribution is 6.86. The van der Waals surface area contributed by atoms with Gasteiger partial charge in [-0.3, -0.25) is 0 Å². The number of nitrogens with two attached hydrogens (primary N) is 1. The van der Waals surface area contributed by atoms with Gasteiger partial charge in [-0.15, -0.1) is 0 Å². The summed E-state index contributed by atoms with van der Waals surface area (Å²) >= 11 is 0. The highest BCUT2D eigenvalue weighted by Gasteiger charge is 2.35. The third-order valence-corrected chi connectivity index (χ3v) is 8.28. The Morgan fingerprint density at radius 3 is 2.09 bits per heavy atom. The molecule has 2 aromatic rings. The van der Waals surface area contributed by atoms with E-state index in [1.54, 1.807) is 0 Å². The first-order chi connectivity index (χ1) is 10.9. The van der Waals surface area contributed by atoms with E-state index in [-0.39, 0.29) is 0 Å². The van der Waals surface area contributed by atoms with E-state index in [1.807, 2.05) is 0 Å². The number of ether oxygens (including phenoxy) is 1. The average molecular weight is 312 g/mol. The highest BCUT2D eigenvalue weighted by Crippen LogP contribution is 2.25. The van der Waals surface area contributed by atoms with Crippen molar-refractivity contribution in [2.24, 2.45) is 11.7 Å². The van der Waals surface area contributed by atoms with Crippen LogP contribution in [0.4, 0.5) is 0 Å². The van der Waals surface area contributed by atoms with E-state index in [1.165, 1.54) is 23.2 Å². The van der Waals surface area contributed by atoms with Crippen molar-refractivity contribution in [1.82, 2.24) is 0 Å². The predicted octanol–water partition coefficient (Wildman–Crippen LogP) is 1.71. The molecule has 0 aromatic heterocycles. The van der Waals surface area contributed by atoms with Gasteiger partial charge >= 0.3 is 0 Å². The summed E-state index contributed by atoms with van der Waals surface area (Å²) in [7, 11) is -1.40. The van der Waals surface area contributed by atoms with Crippen LogP contribution in [0.3, 0.4) is 0 Å². The Balaban J connectivity index is 1.97. The van der Waals surface area contributed by atoms with Crippen LogP contribution in [0.25, 0.3) is 0 Å². The van der Waals surface area contributed by atoms with Crippen LogP contribution in [0.15, 0.2) is 60.7 Å². The van der Waals surface area contributed by atoms with E-state index in [0.29, 0.717) is 11.6 Å². The Morgan fingerprint density at radius 2 is 1.55 bits per heavy atom. The molecule has 1 saturated heterocycles. The molecule has 0 spiro atoms. The largest absolute Gasteiger partial charge is 0.381 e. The summed E-state index contributed by atoms with van der Waals surface area (Å²) in [5.74, 6) is 0.607. The van der Waals surface area contributed by atoms with Gasteiger partial charge in [-0.05, 0) is 31.7 Å². The maximum absolute atomic E-state index is 6.32. The van der Waals surface area contributed by atoms with Crippen LogP contribution >= 0.6 is 0 Å². The molecule has 2 aromatic carbocycles. The van der Waals surface area contributed by atoms with Crippen molar-refractivity contribution < 1.29 is 4.74 Å². The summed E-state index contributed by atoms with van der Waals surface area (Å²) in [6.45, 7) is 1.66. The summed E-state index contributed by atoms with van der Waals surface area (Å²) in [4.78, 5) is 0. The second-order valence-electron chi connectivity index (χ2n) is 6.11. The van der Waals surface area contributed by atoms with Gasteiger partial charge in [-0.1, -0.05) is 71.0 Å². The van der Waals surface area contributed by atoms with Crippen LogP contribution in [0.5, 0.6) is 0 Å². The van der Waals surface area contributed by atoms with Crippen LogP contribution in [0, 0.1) is 5.92 Å². The zero-order chi connectivity index (χ0) is 15.2. The fraction of sp³-hybridized carbons (Fsp3) is 0.368. The molecule has 3 heteroatoms. The van der Waals surface area contributed by atoms with Crippen molar-refractivity contribution in [3.63, 3.8) is 0 Å². The lowest BCUT2D eigenvalue weighted by molar-refractivity contribution is 0.0196. The second kappa shape index (κ2) is 7.72. The summed E-state index contributed by atoms with van der Waals surface area (Å²) in [6.07, 6.45) is 3.50. The van der Waals surface area contributed by atoms with Gasteiger partial charge in [0.25, 0.3) is 0 Å². The maximum Gasteiger partial charge on any atom is 0.134 e. The Bertz CT molecular complexity index is 519. The highest BCUT2D eigenvalue weighted by atomic mass is 28.3. The lowest BCUT2D eigenvalue weighted by atomic mass is 9.98. The van der Waals surface area contributed by atoms with E-state index in [9.17, 15) is 0 Å². The zero-order valence-electron chi connectivity index (χ0n) is 13.0. The lowest BCUT2D eigenvalue weighted by Gasteiger charge is -2.37. The average Bonchev–Trinajstić information content (AvgIpc) is 2.59. The predicted molar refractivity (Wildman–Crippen MR) is 95.4 cm³/mol. The lowest BCUT2D eigenvalue weighted by Crippen LogP contribution is -2.57. The first-order valence-electron chi connectivity index (χ1n) is 8.31. The molecule has 22 heavy (non-hydrogen) atoms. The Hall–Kier alpha value is -1.42. The summed E-state index contributed by atoms with van der Waals surface area (Å²) in [6, 6.07) is 21.9. The topological polar surface area (TPSA) is 35.2 Å². The van der Waals surface area contributed by atoms with Crippen LogP contribution in [-0.2, 0) is 4.74 Å². The standard InChI is InChI=1S/C19H25NOSi/c20-14-13-16-8-7-15-21-19(16)22(17-9-3-1-4-10-17)18-11-5-2-6-12-18/h1-6,9-12,16,19,22H,7-8,13-15,20H2. The molecule has 3 rings (SSSR count). The molecule has 2 N–H and O–H groups in total.